The molecule has 0 rings (SSSR count). The molecule has 82 valence electrons. The minimum absolute atomic E-state index is 0.294. The third-order valence-corrected chi connectivity index (χ3v) is 1.89. The van der Waals surface area contributed by atoms with Gasteiger partial charge in [0.25, 0.3) is 0 Å². The lowest BCUT2D eigenvalue weighted by molar-refractivity contribution is 0.0642. The largest absolute Gasteiger partial charge is 0.294 e. The molecule has 0 amide bonds. The Balaban J connectivity index is 0. The third-order valence-electron chi connectivity index (χ3n) is 1.89. The molecule has 1 nitrogen and oxygen atoms in total. The van der Waals surface area contributed by atoms with E-state index >= 15 is 0 Å². The minimum atomic E-state index is 0.294. The summed E-state index contributed by atoms with van der Waals surface area (Å²) in [6.07, 6.45) is 0. The van der Waals surface area contributed by atoms with Crippen LogP contribution in [0.25, 0.3) is 0 Å². The van der Waals surface area contributed by atoms with Crippen LogP contribution in [0.15, 0.2) is 0 Å². The van der Waals surface area contributed by atoms with E-state index in [9.17, 15) is 0 Å². The monoisotopic (exact) mass is 187 g/mol. The van der Waals surface area contributed by atoms with Gasteiger partial charge < -0.3 is 0 Å². The lowest BCUT2D eigenvalue weighted by Crippen LogP contribution is -2.49. The van der Waals surface area contributed by atoms with Gasteiger partial charge in [-0.3, -0.25) is 4.90 Å². The summed E-state index contributed by atoms with van der Waals surface area (Å²) in [6.45, 7) is 19.8. The highest BCUT2D eigenvalue weighted by molar-refractivity contribution is 4.81. The minimum Gasteiger partial charge on any atom is -0.294 e. The molecule has 0 heterocycles. The van der Waals surface area contributed by atoms with E-state index in [1.807, 2.05) is 13.8 Å². The molecule has 0 aliphatic rings. The molecule has 0 saturated carbocycles. The Morgan fingerprint density at radius 3 is 1.00 bits per heavy atom. The number of hydrogen-bond donors (Lipinski definition) is 0. The Bertz CT molecular complexity index is 101. The standard InChI is InChI=1S/C10H23N.C2H6/c1-8(2)11(9(3)4)10(5,6)7;1-2/h8-9H,1-7H3;1-2H3. The van der Waals surface area contributed by atoms with Crippen LogP contribution in [0.3, 0.4) is 0 Å². The van der Waals surface area contributed by atoms with Gasteiger partial charge in [-0.15, -0.1) is 0 Å². The maximum absolute atomic E-state index is 2.52. The summed E-state index contributed by atoms with van der Waals surface area (Å²) in [4.78, 5) is 2.52. The molecule has 0 aromatic carbocycles. The van der Waals surface area contributed by atoms with E-state index in [1.165, 1.54) is 0 Å². The van der Waals surface area contributed by atoms with Gasteiger partial charge in [-0.2, -0.15) is 0 Å². The van der Waals surface area contributed by atoms with Crippen molar-refractivity contribution in [3.8, 4) is 0 Å². The zero-order chi connectivity index (χ0) is 11.2. The third kappa shape index (κ3) is 6.09. The fraction of sp³-hybridized carbons (Fsp3) is 1.00. The summed E-state index contributed by atoms with van der Waals surface area (Å²) in [7, 11) is 0. The van der Waals surface area contributed by atoms with E-state index in [2.05, 4.69) is 53.4 Å². The van der Waals surface area contributed by atoms with Crippen molar-refractivity contribution in [2.24, 2.45) is 0 Å². The van der Waals surface area contributed by atoms with Gasteiger partial charge in [0, 0.05) is 17.6 Å². The van der Waals surface area contributed by atoms with Crippen molar-refractivity contribution in [3.05, 3.63) is 0 Å². The summed E-state index contributed by atoms with van der Waals surface area (Å²) >= 11 is 0. The van der Waals surface area contributed by atoms with E-state index in [4.69, 9.17) is 0 Å². The Kier molecular flexibility index (Phi) is 7.62. The van der Waals surface area contributed by atoms with Crippen molar-refractivity contribution in [1.29, 1.82) is 0 Å². The molecular weight excluding hydrogens is 158 g/mol. The number of hydrogen-bond acceptors (Lipinski definition) is 1. The molecule has 0 atom stereocenters. The lowest BCUT2D eigenvalue weighted by atomic mass is 10.0. The van der Waals surface area contributed by atoms with Gasteiger partial charge in [-0.1, -0.05) is 13.8 Å². The van der Waals surface area contributed by atoms with Crippen molar-refractivity contribution < 1.29 is 0 Å². The van der Waals surface area contributed by atoms with Crippen molar-refractivity contribution in [2.45, 2.75) is 79.9 Å². The molecule has 13 heavy (non-hydrogen) atoms. The zero-order valence-electron chi connectivity index (χ0n) is 11.1. The van der Waals surface area contributed by atoms with Crippen molar-refractivity contribution >= 4 is 0 Å². The van der Waals surface area contributed by atoms with Gasteiger partial charge in [-0.05, 0) is 48.5 Å². The van der Waals surface area contributed by atoms with Crippen LogP contribution >= 0.6 is 0 Å². The normalized spacial score (nSPS) is 12.0. The predicted octanol–water partition coefficient (Wildman–Crippen LogP) is 3.93. The summed E-state index contributed by atoms with van der Waals surface area (Å²) in [5.41, 5.74) is 0.294. The number of nitrogens with zero attached hydrogens (tertiary/aromatic N) is 1. The first-order valence-electron chi connectivity index (χ1n) is 5.55. The van der Waals surface area contributed by atoms with Crippen LogP contribution < -0.4 is 0 Å². The van der Waals surface area contributed by atoms with E-state index in [0.717, 1.165) is 0 Å². The van der Waals surface area contributed by atoms with E-state index in [-0.39, 0.29) is 0 Å². The second-order valence-electron chi connectivity index (χ2n) is 4.77. The van der Waals surface area contributed by atoms with E-state index in [1.54, 1.807) is 0 Å². The second kappa shape index (κ2) is 6.42. The Morgan fingerprint density at radius 1 is 0.769 bits per heavy atom. The maximum Gasteiger partial charge on any atom is 0.0130 e. The topological polar surface area (TPSA) is 3.24 Å². The van der Waals surface area contributed by atoms with Gasteiger partial charge >= 0.3 is 0 Å². The van der Waals surface area contributed by atoms with Gasteiger partial charge in [0.15, 0.2) is 0 Å². The van der Waals surface area contributed by atoms with Crippen molar-refractivity contribution in [1.82, 2.24) is 4.90 Å². The fourth-order valence-corrected chi connectivity index (χ4v) is 2.15. The Hall–Kier alpha value is -0.0400. The Morgan fingerprint density at radius 2 is 1.00 bits per heavy atom. The molecule has 0 N–H and O–H groups in total. The molecule has 0 aromatic heterocycles. The summed E-state index contributed by atoms with van der Waals surface area (Å²) in [6, 6.07) is 1.27. The quantitative estimate of drug-likeness (QED) is 0.633. The van der Waals surface area contributed by atoms with Crippen molar-refractivity contribution in [3.63, 3.8) is 0 Å². The SMILES string of the molecule is CC.CC(C)N(C(C)C)C(C)(C)C. The summed E-state index contributed by atoms with van der Waals surface area (Å²) in [5, 5.41) is 0. The molecule has 0 radical (unpaired) electrons. The molecule has 0 aliphatic heterocycles. The highest BCUT2D eigenvalue weighted by atomic mass is 15.2. The van der Waals surface area contributed by atoms with E-state index in [0.29, 0.717) is 17.6 Å². The summed E-state index contributed by atoms with van der Waals surface area (Å²) in [5.74, 6) is 0. The second-order valence-corrected chi connectivity index (χ2v) is 4.77. The molecule has 0 spiro atoms. The first-order chi connectivity index (χ1) is 5.76. The first kappa shape index (κ1) is 15.4. The highest BCUT2D eigenvalue weighted by Crippen LogP contribution is 2.19. The maximum atomic E-state index is 2.52. The first-order valence-corrected chi connectivity index (χ1v) is 5.55. The van der Waals surface area contributed by atoms with Gasteiger partial charge in [0.2, 0.25) is 0 Å². The average molecular weight is 187 g/mol. The zero-order valence-corrected chi connectivity index (χ0v) is 11.1. The van der Waals surface area contributed by atoms with Gasteiger partial charge in [0.1, 0.15) is 0 Å². The molecule has 0 bridgehead atoms. The van der Waals surface area contributed by atoms with Crippen LogP contribution in [0.2, 0.25) is 0 Å². The molecular formula is C12H29N. The van der Waals surface area contributed by atoms with Crippen molar-refractivity contribution in [2.75, 3.05) is 0 Å². The average Bonchev–Trinajstić information content (AvgIpc) is 1.85. The number of rotatable bonds is 2. The van der Waals surface area contributed by atoms with Crippen LogP contribution in [0, 0.1) is 0 Å². The lowest BCUT2D eigenvalue weighted by Gasteiger charge is -2.42. The molecule has 0 unspecified atom stereocenters. The predicted molar refractivity (Wildman–Crippen MR) is 63.2 cm³/mol. The molecule has 0 aliphatic carbocycles. The fourth-order valence-electron chi connectivity index (χ4n) is 2.15. The smallest absolute Gasteiger partial charge is 0.0130 e. The molecule has 0 aromatic rings. The summed E-state index contributed by atoms with van der Waals surface area (Å²) < 4.78 is 0. The molecule has 0 saturated heterocycles. The van der Waals surface area contributed by atoms with Crippen LogP contribution in [0.4, 0.5) is 0 Å². The van der Waals surface area contributed by atoms with Gasteiger partial charge in [0.05, 0.1) is 0 Å². The molecule has 0 fully saturated rings. The Labute approximate surface area is 85.5 Å². The van der Waals surface area contributed by atoms with Crippen LogP contribution in [-0.4, -0.2) is 22.5 Å². The van der Waals surface area contributed by atoms with Crippen LogP contribution in [-0.2, 0) is 0 Å². The van der Waals surface area contributed by atoms with Crippen LogP contribution in [0.5, 0.6) is 0 Å². The highest BCUT2D eigenvalue weighted by Gasteiger charge is 2.25. The van der Waals surface area contributed by atoms with E-state index < -0.39 is 0 Å². The van der Waals surface area contributed by atoms with Crippen LogP contribution in [0.1, 0.15) is 62.3 Å². The van der Waals surface area contributed by atoms with Gasteiger partial charge in [-0.25, -0.2) is 0 Å². The molecule has 1 heteroatoms.